The molecule has 1 aliphatic rings. The first-order valence-corrected chi connectivity index (χ1v) is 6.54. The second-order valence-electron chi connectivity index (χ2n) is 5.00. The van der Waals surface area contributed by atoms with Crippen molar-refractivity contribution in [1.29, 1.82) is 0 Å². The highest BCUT2D eigenvalue weighted by Crippen LogP contribution is 2.17. The summed E-state index contributed by atoms with van der Waals surface area (Å²) in [4.78, 5) is 25.1. The molecular formula is C12H24N4O2. The molecule has 1 aliphatic heterocycles. The summed E-state index contributed by atoms with van der Waals surface area (Å²) < 4.78 is 0. The summed E-state index contributed by atoms with van der Waals surface area (Å²) in [6.07, 6.45) is 1.07. The van der Waals surface area contributed by atoms with Crippen LogP contribution < -0.4 is 16.4 Å². The van der Waals surface area contributed by atoms with Crippen LogP contribution in [0.2, 0.25) is 0 Å². The zero-order valence-electron chi connectivity index (χ0n) is 11.2. The summed E-state index contributed by atoms with van der Waals surface area (Å²) >= 11 is 0. The zero-order valence-corrected chi connectivity index (χ0v) is 11.2. The predicted molar refractivity (Wildman–Crippen MR) is 69.9 cm³/mol. The van der Waals surface area contributed by atoms with Crippen LogP contribution in [-0.2, 0) is 9.59 Å². The lowest BCUT2D eigenvalue weighted by Crippen LogP contribution is -2.43. The van der Waals surface area contributed by atoms with Crippen LogP contribution in [0.5, 0.6) is 0 Å². The molecule has 1 saturated heterocycles. The van der Waals surface area contributed by atoms with Crippen molar-refractivity contribution in [1.82, 2.24) is 15.5 Å². The van der Waals surface area contributed by atoms with Crippen LogP contribution in [0.3, 0.4) is 0 Å². The van der Waals surface area contributed by atoms with Crippen LogP contribution in [0.1, 0.15) is 20.3 Å². The van der Waals surface area contributed by atoms with E-state index in [0.717, 1.165) is 19.5 Å². The fraction of sp³-hybridized carbons (Fsp3) is 0.833. The Morgan fingerprint density at radius 2 is 2.00 bits per heavy atom. The Labute approximate surface area is 108 Å². The Morgan fingerprint density at radius 1 is 1.33 bits per heavy atom. The molecule has 18 heavy (non-hydrogen) atoms. The summed E-state index contributed by atoms with van der Waals surface area (Å²) in [6.45, 7) is 7.63. The second kappa shape index (κ2) is 7.33. The minimum absolute atomic E-state index is 0.330. The van der Waals surface area contributed by atoms with E-state index in [1.807, 2.05) is 0 Å². The van der Waals surface area contributed by atoms with Crippen molar-refractivity contribution >= 4 is 11.8 Å². The van der Waals surface area contributed by atoms with E-state index < -0.39 is 11.8 Å². The average molecular weight is 256 g/mol. The highest BCUT2D eigenvalue weighted by molar-refractivity contribution is 6.35. The lowest BCUT2D eigenvalue weighted by atomic mass is 10.1. The number of carbonyl (C=O) groups is 2. The van der Waals surface area contributed by atoms with Gasteiger partial charge in [-0.2, -0.15) is 0 Å². The van der Waals surface area contributed by atoms with Gasteiger partial charge in [0.05, 0.1) is 0 Å². The van der Waals surface area contributed by atoms with E-state index >= 15 is 0 Å². The number of rotatable bonds is 5. The molecule has 104 valence electrons. The number of hydrogen-bond donors (Lipinski definition) is 3. The number of amides is 2. The molecule has 1 atom stereocenters. The van der Waals surface area contributed by atoms with Crippen molar-refractivity contribution in [2.45, 2.75) is 26.3 Å². The van der Waals surface area contributed by atoms with Crippen molar-refractivity contribution in [3.8, 4) is 0 Å². The molecular weight excluding hydrogens is 232 g/mol. The molecule has 1 heterocycles. The molecule has 4 N–H and O–H groups in total. The lowest BCUT2D eigenvalue weighted by Gasteiger charge is -2.20. The topological polar surface area (TPSA) is 87.5 Å². The number of nitrogens with zero attached hydrogens (tertiary/aromatic N) is 1. The molecule has 6 heteroatoms. The summed E-state index contributed by atoms with van der Waals surface area (Å²) in [7, 11) is 0. The molecule has 0 aliphatic carbocycles. The predicted octanol–water partition coefficient (Wildman–Crippen LogP) is -1.09. The van der Waals surface area contributed by atoms with Gasteiger partial charge in [-0.15, -0.1) is 0 Å². The molecule has 1 unspecified atom stereocenters. The molecule has 2 amide bonds. The van der Waals surface area contributed by atoms with Crippen molar-refractivity contribution in [2.24, 2.45) is 11.7 Å². The number of carbonyl (C=O) groups excluding carboxylic acids is 2. The van der Waals surface area contributed by atoms with Gasteiger partial charge in [0.1, 0.15) is 0 Å². The van der Waals surface area contributed by atoms with Gasteiger partial charge in [0.15, 0.2) is 0 Å². The van der Waals surface area contributed by atoms with Gasteiger partial charge in [-0.25, -0.2) is 0 Å². The monoisotopic (exact) mass is 256 g/mol. The third kappa shape index (κ3) is 4.62. The van der Waals surface area contributed by atoms with Gasteiger partial charge in [0.25, 0.3) is 0 Å². The van der Waals surface area contributed by atoms with Crippen LogP contribution in [0.25, 0.3) is 0 Å². The van der Waals surface area contributed by atoms with Crippen LogP contribution in [-0.4, -0.2) is 55.5 Å². The van der Waals surface area contributed by atoms with Crippen LogP contribution in [0, 0.1) is 5.92 Å². The average Bonchev–Trinajstić information content (AvgIpc) is 2.81. The summed E-state index contributed by atoms with van der Waals surface area (Å²) in [5, 5.41) is 5.12. The van der Waals surface area contributed by atoms with Crippen LogP contribution >= 0.6 is 0 Å². The van der Waals surface area contributed by atoms with E-state index in [1.54, 1.807) is 0 Å². The SMILES string of the molecule is CC(C)N1CCC(CNC(=O)C(=O)NCCN)C1. The summed E-state index contributed by atoms with van der Waals surface area (Å²) in [6, 6.07) is 0.540. The van der Waals surface area contributed by atoms with Crippen molar-refractivity contribution < 1.29 is 9.59 Å². The fourth-order valence-corrected chi connectivity index (χ4v) is 2.08. The maximum atomic E-state index is 11.4. The second-order valence-corrected chi connectivity index (χ2v) is 5.00. The number of nitrogens with two attached hydrogens (primary N) is 1. The third-order valence-corrected chi connectivity index (χ3v) is 3.23. The Bertz CT molecular complexity index is 294. The first-order valence-electron chi connectivity index (χ1n) is 6.54. The van der Waals surface area contributed by atoms with Crippen molar-refractivity contribution in [2.75, 3.05) is 32.7 Å². The standard InChI is InChI=1S/C12H24N4O2/c1-9(2)16-6-3-10(8-16)7-15-12(18)11(17)14-5-4-13/h9-10H,3-8,13H2,1-2H3,(H,14,17)(H,15,18). The first kappa shape index (κ1) is 14.9. The highest BCUT2D eigenvalue weighted by Gasteiger charge is 2.25. The first-order chi connectivity index (χ1) is 8.54. The maximum Gasteiger partial charge on any atom is 0.309 e. The Morgan fingerprint density at radius 3 is 2.56 bits per heavy atom. The van der Waals surface area contributed by atoms with Gasteiger partial charge in [0.2, 0.25) is 0 Å². The molecule has 0 bridgehead atoms. The van der Waals surface area contributed by atoms with Crippen LogP contribution in [0.4, 0.5) is 0 Å². The quantitative estimate of drug-likeness (QED) is 0.545. The number of hydrogen-bond acceptors (Lipinski definition) is 4. The van der Waals surface area contributed by atoms with Crippen LogP contribution in [0.15, 0.2) is 0 Å². The van der Waals surface area contributed by atoms with E-state index in [1.165, 1.54) is 0 Å². The number of likely N-dealkylation sites (tertiary alicyclic amines) is 1. The van der Waals surface area contributed by atoms with Gasteiger partial charge in [-0.3, -0.25) is 9.59 Å². The van der Waals surface area contributed by atoms with E-state index in [4.69, 9.17) is 5.73 Å². The Kier molecular flexibility index (Phi) is 6.07. The molecule has 1 rings (SSSR count). The van der Waals surface area contributed by atoms with Gasteiger partial charge >= 0.3 is 11.8 Å². The largest absolute Gasteiger partial charge is 0.348 e. The number of nitrogens with one attached hydrogen (secondary N) is 2. The van der Waals surface area contributed by atoms with Gasteiger partial charge < -0.3 is 21.3 Å². The molecule has 0 aromatic heterocycles. The van der Waals surface area contributed by atoms with Crippen molar-refractivity contribution in [3.63, 3.8) is 0 Å². The Balaban J connectivity index is 2.21. The lowest BCUT2D eigenvalue weighted by molar-refractivity contribution is -0.139. The highest BCUT2D eigenvalue weighted by atomic mass is 16.2. The fourth-order valence-electron chi connectivity index (χ4n) is 2.08. The summed E-state index contributed by atoms with van der Waals surface area (Å²) in [5.41, 5.74) is 5.24. The molecule has 0 radical (unpaired) electrons. The zero-order chi connectivity index (χ0) is 13.5. The normalized spacial score (nSPS) is 20.1. The van der Waals surface area contributed by atoms with Gasteiger partial charge in [-0.1, -0.05) is 0 Å². The third-order valence-electron chi connectivity index (χ3n) is 3.23. The smallest absolute Gasteiger partial charge is 0.309 e. The van der Waals surface area contributed by atoms with E-state index in [9.17, 15) is 9.59 Å². The van der Waals surface area contributed by atoms with E-state index in [2.05, 4.69) is 29.4 Å². The minimum atomic E-state index is -0.598. The Hall–Kier alpha value is -1.14. The maximum absolute atomic E-state index is 11.4. The molecule has 0 spiro atoms. The van der Waals surface area contributed by atoms with Gasteiger partial charge in [0, 0.05) is 32.2 Å². The molecule has 1 fully saturated rings. The van der Waals surface area contributed by atoms with Crippen molar-refractivity contribution in [3.05, 3.63) is 0 Å². The molecule has 6 nitrogen and oxygen atoms in total. The molecule has 0 saturated carbocycles. The van der Waals surface area contributed by atoms with Gasteiger partial charge in [-0.05, 0) is 32.7 Å². The minimum Gasteiger partial charge on any atom is -0.348 e. The van der Waals surface area contributed by atoms with E-state index in [0.29, 0.717) is 31.6 Å². The van der Waals surface area contributed by atoms with E-state index in [-0.39, 0.29) is 0 Å². The molecule has 0 aromatic rings. The molecule has 0 aromatic carbocycles. The summed E-state index contributed by atoms with van der Waals surface area (Å²) in [5.74, 6) is -0.718.